The van der Waals surface area contributed by atoms with E-state index in [1.807, 2.05) is 32.3 Å². The molecule has 1 aliphatic carbocycles. The van der Waals surface area contributed by atoms with E-state index in [9.17, 15) is 4.79 Å². The molecule has 0 radical (unpaired) electrons. The number of hydrogen-bond acceptors (Lipinski definition) is 6. The van der Waals surface area contributed by atoms with Gasteiger partial charge in [0.05, 0.1) is 22.9 Å². The van der Waals surface area contributed by atoms with Crippen molar-refractivity contribution in [2.45, 2.75) is 51.6 Å². The van der Waals surface area contributed by atoms with E-state index in [1.54, 1.807) is 10.9 Å². The minimum atomic E-state index is -0.171. The summed E-state index contributed by atoms with van der Waals surface area (Å²) in [6.45, 7) is 7.24. The second-order valence-electron chi connectivity index (χ2n) is 11.2. The smallest absolute Gasteiger partial charge is 0.258 e. The van der Waals surface area contributed by atoms with Crippen LogP contribution < -0.4 is 5.32 Å². The Hall–Kier alpha value is -3.56. The van der Waals surface area contributed by atoms with Gasteiger partial charge in [-0.1, -0.05) is 25.3 Å². The van der Waals surface area contributed by atoms with Crippen LogP contribution in [-0.4, -0.2) is 73.2 Å². The van der Waals surface area contributed by atoms with Gasteiger partial charge in [0.2, 0.25) is 5.95 Å². The summed E-state index contributed by atoms with van der Waals surface area (Å²) in [7, 11) is 4.06. The highest BCUT2D eigenvalue weighted by atomic mass is 16.1. The van der Waals surface area contributed by atoms with Crippen molar-refractivity contribution < 1.29 is 4.79 Å². The van der Waals surface area contributed by atoms with Gasteiger partial charge in [-0.15, -0.1) is 0 Å². The Balaban J connectivity index is 1.31. The van der Waals surface area contributed by atoms with Crippen LogP contribution in [0.2, 0.25) is 0 Å². The summed E-state index contributed by atoms with van der Waals surface area (Å²) < 4.78 is 4.04. The molecule has 9 nitrogen and oxygen atoms in total. The Kier molecular flexibility index (Phi) is 7.18. The number of pyridine rings is 1. The van der Waals surface area contributed by atoms with Crippen molar-refractivity contribution in [3.8, 4) is 11.3 Å². The number of amides is 1. The number of likely N-dealkylation sites (N-methyl/N-ethyl adjacent to an activating group) is 1. The van der Waals surface area contributed by atoms with Gasteiger partial charge in [-0.3, -0.25) is 24.7 Å². The number of benzene rings is 1. The molecule has 1 aliphatic heterocycles. The molecular formula is C30H38N8O. The average molecular weight is 527 g/mol. The normalized spacial score (nSPS) is 17.6. The van der Waals surface area contributed by atoms with Crippen LogP contribution in [0.5, 0.6) is 0 Å². The summed E-state index contributed by atoms with van der Waals surface area (Å²) in [6.07, 6.45) is 9.57. The van der Waals surface area contributed by atoms with Crippen molar-refractivity contribution in [1.82, 2.24) is 34.1 Å². The summed E-state index contributed by atoms with van der Waals surface area (Å²) in [5.74, 6) is 0.465. The number of aromatic nitrogens is 5. The molecule has 39 heavy (non-hydrogen) atoms. The largest absolute Gasteiger partial charge is 0.307 e. The molecule has 0 unspecified atom stereocenters. The summed E-state index contributed by atoms with van der Waals surface area (Å²) in [5.41, 5.74) is 6.33. The SMILES string of the molecule is Cc1cc(C(=O)Nc2nc3ccc(CN4CCN(C)CC4)cc3n2C2CCCCC2)cc(-c2cnn(C)c2)n1. The number of fused-ring (bicyclic) bond motifs is 1. The van der Waals surface area contributed by atoms with Gasteiger partial charge in [0.15, 0.2) is 0 Å². The van der Waals surface area contributed by atoms with Crippen LogP contribution >= 0.6 is 0 Å². The number of rotatable bonds is 6. The zero-order chi connectivity index (χ0) is 26.9. The van der Waals surface area contributed by atoms with Crippen molar-refractivity contribution in [1.29, 1.82) is 0 Å². The van der Waals surface area contributed by atoms with Crippen LogP contribution in [0.1, 0.15) is 59.8 Å². The Morgan fingerprint density at radius 3 is 2.54 bits per heavy atom. The van der Waals surface area contributed by atoms with Gasteiger partial charge in [-0.05, 0) is 56.6 Å². The van der Waals surface area contributed by atoms with Gasteiger partial charge >= 0.3 is 0 Å². The topological polar surface area (TPSA) is 84.1 Å². The van der Waals surface area contributed by atoms with E-state index >= 15 is 0 Å². The maximum Gasteiger partial charge on any atom is 0.258 e. The standard InChI is InChI=1S/C30H38N8O/c1-21-15-23(17-27(32-21)24-18-31-36(3)20-24)29(39)34-30-33-26-10-9-22(19-37-13-11-35(2)12-14-37)16-28(26)38(30)25-7-5-4-6-8-25/h9-10,15-18,20,25H,4-8,11-14,19H2,1-3H3,(H,33,34,39). The summed E-state index contributed by atoms with van der Waals surface area (Å²) in [5, 5.41) is 7.44. The molecule has 1 aromatic carbocycles. The van der Waals surface area contributed by atoms with Crippen molar-refractivity contribution in [3.05, 3.63) is 59.5 Å². The van der Waals surface area contributed by atoms with Gasteiger partial charge in [0, 0.05) is 68.8 Å². The first-order chi connectivity index (χ1) is 18.9. The zero-order valence-electron chi connectivity index (χ0n) is 23.2. The van der Waals surface area contributed by atoms with E-state index in [2.05, 4.69) is 55.0 Å². The number of nitrogens with zero attached hydrogens (tertiary/aromatic N) is 7. The van der Waals surface area contributed by atoms with Gasteiger partial charge in [-0.2, -0.15) is 5.10 Å². The number of nitrogens with one attached hydrogen (secondary N) is 1. The predicted octanol–water partition coefficient (Wildman–Crippen LogP) is 4.65. The average Bonchev–Trinajstić information content (AvgIpc) is 3.53. The van der Waals surface area contributed by atoms with Gasteiger partial charge in [0.1, 0.15) is 0 Å². The van der Waals surface area contributed by atoms with Gasteiger partial charge in [-0.25, -0.2) is 4.98 Å². The van der Waals surface area contributed by atoms with E-state index < -0.39 is 0 Å². The van der Waals surface area contributed by atoms with Crippen LogP contribution in [0.25, 0.3) is 22.3 Å². The molecule has 0 spiro atoms. The van der Waals surface area contributed by atoms with Gasteiger partial charge < -0.3 is 9.47 Å². The molecule has 9 heteroatoms. The van der Waals surface area contributed by atoms with Crippen LogP contribution in [0.4, 0.5) is 5.95 Å². The van der Waals surface area contributed by atoms with Crippen LogP contribution in [-0.2, 0) is 13.6 Å². The Morgan fingerprint density at radius 1 is 1.00 bits per heavy atom. The molecule has 2 aliphatic rings. The predicted molar refractivity (Wildman–Crippen MR) is 154 cm³/mol. The molecule has 4 heterocycles. The van der Waals surface area contributed by atoms with E-state index in [-0.39, 0.29) is 5.91 Å². The molecule has 1 saturated carbocycles. The molecule has 6 rings (SSSR count). The lowest BCUT2D eigenvalue weighted by Crippen LogP contribution is -2.43. The van der Waals surface area contributed by atoms with Crippen molar-refractivity contribution in [3.63, 3.8) is 0 Å². The molecule has 1 saturated heterocycles. The van der Waals surface area contributed by atoms with Crippen LogP contribution in [0.15, 0.2) is 42.7 Å². The fourth-order valence-corrected chi connectivity index (χ4v) is 5.97. The molecular weight excluding hydrogens is 488 g/mol. The van der Waals surface area contributed by atoms with Crippen molar-refractivity contribution in [2.24, 2.45) is 7.05 Å². The van der Waals surface area contributed by atoms with Crippen molar-refractivity contribution >= 4 is 22.9 Å². The van der Waals surface area contributed by atoms with Crippen LogP contribution in [0, 0.1) is 6.92 Å². The van der Waals surface area contributed by atoms with E-state index in [0.29, 0.717) is 17.6 Å². The minimum Gasteiger partial charge on any atom is -0.307 e. The summed E-state index contributed by atoms with van der Waals surface area (Å²) in [4.78, 5) is 28.1. The third-order valence-corrected chi connectivity index (χ3v) is 8.14. The third kappa shape index (κ3) is 5.60. The summed E-state index contributed by atoms with van der Waals surface area (Å²) in [6, 6.07) is 10.6. The highest BCUT2D eigenvalue weighted by molar-refractivity contribution is 6.04. The summed E-state index contributed by atoms with van der Waals surface area (Å²) >= 11 is 0. The highest BCUT2D eigenvalue weighted by Gasteiger charge is 2.24. The second-order valence-corrected chi connectivity index (χ2v) is 11.2. The highest BCUT2D eigenvalue weighted by Crippen LogP contribution is 2.35. The van der Waals surface area contributed by atoms with Gasteiger partial charge in [0.25, 0.3) is 5.91 Å². The molecule has 3 aromatic heterocycles. The number of hydrogen-bond donors (Lipinski definition) is 1. The maximum absolute atomic E-state index is 13.6. The number of carbonyl (C=O) groups is 1. The second kappa shape index (κ2) is 10.9. The lowest BCUT2D eigenvalue weighted by Gasteiger charge is -2.32. The molecule has 4 aromatic rings. The quantitative estimate of drug-likeness (QED) is 0.394. The first kappa shape index (κ1) is 25.7. The fraction of sp³-hybridized carbons (Fsp3) is 0.467. The van der Waals surface area contributed by atoms with Crippen LogP contribution in [0.3, 0.4) is 0 Å². The fourth-order valence-electron chi connectivity index (χ4n) is 5.97. The maximum atomic E-state index is 13.6. The number of imidazole rings is 1. The van der Waals surface area contributed by atoms with E-state index in [4.69, 9.17) is 4.98 Å². The monoisotopic (exact) mass is 526 g/mol. The van der Waals surface area contributed by atoms with E-state index in [1.165, 1.54) is 24.8 Å². The minimum absolute atomic E-state index is 0.171. The molecule has 0 bridgehead atoms. The molecule has 1 N–H and O–H groups in total. The number of piperazine rings is 1. The first-order valence-corrected chi connectivity index (χ1v) is 14.1. The molecule has 204 valence electrons. The number of carbonyl (C=O) groups excluding carboxylic acids is 1. The third-order valence-electron chi connectivity index (χ3n) is 8.14. The Bertz CT molecular complexity index is 1470. The van der Waals surface area contributed by atoms with Crippen molar-refractivity contribution in [2.75, 3.05) is 38.5 Å². The Morgan fingerprint density at radius 2 is 1.79 bits per heavy atom. The number of aryl methyl sites for hydroxylation is 2. The molecule has 1 amide bonds. The van der Waals surface area contributed by atoms with E-state index in [0.717, 1.165) is 73.6 Å². The Labute approximate surface area is 229 Å². The number of anilines is 1. The first-order valence-electron chi connectivity index (χ1n) is 14.1. The molecule has 0 atom stereocenters. The lowest BCUT2D eigenvalue weighted by molar-refractivity contribution is 0.102. The zero-order valence-corrected chi connectivity index (χ0v) is 23.2. The molecule has 2 fully saturated rings. The lowest BCUT2D eigenvalue weighted by atomic mass is 9.95.